The predicted molar refractivity (Wildman–Crippen MR) is 149 cm³/mol. The number of ether oxygens (including phenoxy) is 1. The number of nitrogens with one attached hydrogen (secondary N) is 3. The Hall–Kier alpha value is -3.91. The third kappa shape index (κ3) is 7.81. The SMILES string of the molecule is C=CC(=O)Nc1ccc(OC)c(N=C(N=CC(Cl)=C(C)Nc2ccccc2C(=O)NC)C(C)CC)c1. The van der Waals surface area contributed by atoms with E-state index in [0.717, 1.165) is 6.42 Å². The third-order valence-corrected chi connectivity index (χ3v) is 5.69. The van der Waals surface area contributed by atoms with Gasteiger partial charge in [0.15, 0.2) is 0 Å². The van der Waals surface area contributed by atoms with Gasteiger partial charge in [-0.2, -0.15) is 0 Å². The number of anilines is 2. The number of amides is 2. The van der Waals surface area contributed by atoms with Crippen molar-refractivity contribution in [1.29, 1.82) is 0 Å². The quantitative estimate of drug-likeness (QED) is 0.210. The van der Waals surface area contributed by atoms with E-state index in [-0.39, 0.29) is 17.7 Å². The molecule has 0 aliphatic rings. The molecule has 0 aliphatic carbocycles. The van der Waals surface area contributed by atoms with Crippen LogP contribution in [0.15, 0.2) is 75.8 Å². The molecule has 0 saturated carbocycles. The average molecular weight is 510 g/mol. The minimum absolute atomic E-state index is 0.0177. The van der Waals surface area contributed by atoms with Crippen molar-refractivity contribution in [3.8, 4) is 5.75 Å². The average Bonchev–Trinajstić information content (AvgIpc) is 2.90. The van der Waals surface area contributed by atoms with Crippen molar-refractivity contribution in [3.63, 3.8) is 0 Å². The number of hydrogen-bond donors (Lipinski definition) is 3. The van der Waals surface area contributed by atoms with Crippen LogP contribution in [0, 0.1) is 5.92 Å². The van der Waals surface area contributed by atoms with E-state index in [2.05, 4.69) is 27.5 Å². The summed E-state index contributed by atoms with van der Waals surface area (Å²) in [5.41, 5.74) is 2.81. The number of methoxy groups -OCH3 is 1. The maximum absolute atomic E-state index is 12.2. The highest BCUT2D eigenvalue weighted by molar-refractivity contribution is 6.40. The highest BCUT2D eigenvalue weighted by atomic mass is 35.5. The van der Waals surface area contributed by atoms with E-state index in [0.29, 0.717) is 44.9 Å². The first-order valence-corrected chi connectivity index (χ1v) is 11.8. The molecular formula is C27H32ClN5O3. The Labute approximate surface area is 217 Å². The van der Waals surface area contributed by atoms with Crippen LogP contribution in [-0.4, -0.2) is 38.0 Å². The number of rotatable bonds is 10. The summed E-state index contributed by atoms with van der Waals surface area (Å²) in [4.78, 5) is 33.1. The van der Waals surface area contributed by atoms with Crippen LogP contribution in [0.1, 0.15) is 37.6 Å². The van der Waals surface area contributed by atoms with Crippen molar-refractivity contribution in [3.05, 3.63) is 71.4 Å². The molecule has 0 bridgehead atoms. The highest BCUT2D eigenvalue weighted by Crippen LogP contribution is 2.32. The fraction of sp³-hybridized carbons (Fsp3) is 0.259. The lowest BCUT2D eigenvalue weighted by molar-refractivity contribution is -0.111. The van der Waals surface area contributed by atoms with E-state index < -0.39 is 0 Å². The van der Waals surface area contributed by atoms with Crippen molar-refractivity contribution in [2.75, 3.05) is 24.8 Å². The van der Waals surface area contributed by atoms with Crippen molar-refractivity contribution < 1.29 is 14.3 Å². The zero-order valence-corrected chi connectivity index (χ0v) is 21.9. The smallest absolute Gasteiger partial charge is 0.253 e. The summed E-state index contributed by atoms with van der Waals surface area (Å²) in [7, 11) is 3.13. The lowest BCUT2D eigenvalue weighted by Gasteiger charge is -2.13. The Balaban J connectivity index is 2.40. The van der Waals surface area contributed by atoms with Gasteiger partial charge in [0.2, 0.25) is 5.91 Å². The van der Waals surface area contributed by atoms with Gasteiger partial charge in [0.1, 0.15) is 17.3 Å². The van der Waals surface area contributed by atoms with Gasteiger partial charge in [-0.1, -0.05) is 44.2 Å². The van der Waals surface area contributed by atoms with Gasteiger partial charge in [-0.3, -0.25) is 9.59 Å². The Bertz CT molecular complexity index is 1200. The van der Waals surface area contributed by atoms with E-state index in [1.54, 1.807) is 57.5 Å². The molecule has 2 amide bonds. The molecule has 3 N–H and O–H groups in total. The summed E-state index contributed by atoms with van der Waals surface area (Å²) in [5.74, 6) is 0.562. The van der Waals surface area contributed by atoms with E-state index >= 15 is 0 Å². The zero-order chi connectivity index (χ0) is 26.7. The van der Waals surface area contributed by atoms with Crippen LogP contribution in [0.3, 0.4) is 0 Å². The van der Waals surface area contributed by atoms with Crippen LogP contribution in [-0.2, 0) is 4.79 Å². The molecule has 0 aromatic heterocycles. The minimum atomic E-state index is -0.326. The van der Waals surface area contributed by atoms with Crippen LogP contribution in [0.25, 0.3) is 0 Å². The van der Waals surface area contributed by atoms with Crippen LogP contribution in [0.5, 0.6) is 5.75 Å². The van der Waals surface area contributed by atoms with Gasteiger partial charge in [0, 0.05) is 30.6 Å². The van der Waals surface area contributed by atoms with E-state index in [4.69, 9.17) is 21.3 Å². The lowest BCUT2D eigenvalue weighted by Crippen LogP contribution is -2.19. The van der Waals surface area contributed by atoms with Crippen LogP contribution < -0.4 is 20.7 Å². The Kier molecular flexibility index (Phi) is 10.9. The monoisotopic (exact) mass is 509 g/mol. The maximum Gasteiger partial charge on any atom is 0.253 e. The van der Waals surface area contributed by atoms with E-state index in [9.17, 15) is 9.59 Å². The number of hydrogen-bond acceptors (Lipinski definition) is 5. The Morgan fingerprint density at radius 3 is 2.56 bits per heavy atom. The molecule has 0 radical (unpaired) electrons. The highest BCUT2D eigenvalue weighted by Gasteiger charge is 2.13. The molecule has 36 heavy (non-hydrogen) atoms. The number of nitrogens with zero attached hydrogens (tertiary/aromatic N) is 2. The molecule has 0 aliphatic heterocycles. The number of carbonyl (C=O) groups is 2. The molecule has 1 unspecified atom stereocenters. The molecule has 0 spiro atoms. The minimum Gasteiger partial charge on any atom is -0.494 e. The van der Waals surface area contributed by atoms with Gasteiger partial charge >= 0.3 is 0 Å². The summed E-state index contributed by atoms with van der Waals surface area (Å²) in [6.45, 7) is 9.31. The summed E-state index contributed by atoms with van der Waals surface area (Å²) in [5, 5.41) is 8.88. The maximum atomic E-state index is 12.2. The fourth-order valence-corrected chi connectivity index (χ4v) is 3.12. The van der Waals surface area contributed by atoms with E-state index in [1.807, 2.05) is 19.9 Å². The van der Waals surface area contributed by atoms with Gasteiger partial charge in [0.05, 0.1) is 23.4 Å². The molecular weight excluding hydrogens is 478 g/mol. The molecule has 8 nitrogen and oxygen atoms in total. The molecule has 2 aromatic rings. The molecule has 9 heteroatoms. The molecule has 0 fully saturated rings. The van der Waals surface area contributed by atoms with Gasteiger partial charge < -0.3 is 20.7 Å². The topological polar surface area (TPSA) is 104 Å². The second-order valence-corrected chi connectivity index (χ2v) is 8.25. The van der Waals surface area contributed by atoms with Crippen molar-refractivity contribution in [2.24, 2.45) is 15.9 Å². The second-order valence-electron chi connectivity index (χ2n) is 7.84. The number of halogens is 1. The summed E-state index contributed by atoms with van der Waals surface area (Å²) < 4.78 is 5.45. The zero-order valence-electron chi connectivity index (χ0n) is 21.2. The number of para-hydroxylation sites is 1. The number of amidine groups is 1. The Morgan fingerprint density at radius 1 is 1.19 bits per heavy atom. The lowest BCUT2D eigenvalue weighted by atomic mass is 10.1. The molecule has 190 valence electrons. The normalized spacial score (nSPS) is 13.0. The second kappa shape index (κ2) is 13.8. The Morgan fingerprint density at radius 2 is 1.92 bits per heavy atom. The summed E-state index contributed by atoms with van der Waals surface area (Å²) >= 11 is 6.53. The predicted octanol–water partition coefficient (Wildman–Crippen LogP) is 5.91. The summed E-state index contributed by atoms with van der Waals surface area (Å²) in [6, 6.07) is 12.3. The van der Waals surface area contributed by atoms with Crippen LogP contribution >= 0.6 is 11.6 Å². The van der Waals surface area contributed by atoms with Gasteiger partial charge in [0.25, 0.3) is 5.91 Å². The van der Waals surface area contributed by atoms with Gasteiger partial charge in [-0.25, -0.2) is 9.98 Å². The largest absolute Gasteiger partial charge is 0.494 e. The summed E-state index contributed by atoms with van der Waals surface area (Å²) in [6.07, 6.45) is 3.51. The first-order chi connectivity index (χ1) is 17.2. The van der Waals surface area contributed by atoms with Gasteiger partial charge in [-0.05, 0) is 49.8 Å². The molecule has 2 aromatic carbocycles. The number of aliphatic imine (C=N–C) groups is 2. The van der Waals surface area contributed by atoms with Gasteiger partial charge in [-0.15, -0.1) is 0 Å². The first-order valence-electron chi connectivity index (χ1n) is 11.4. The standard InChI is InChI=1S/C27H32ClN5O3/c1-7-17(3)26(33-23-15-19(32-25(34)8-2)13-14-24(23)36-6)30-16-21(28)18(4)31-22-12-10-9-11-20(22)27(35)29-5/h8-17,31H,2,7H2,1,3-6H3,(H,29,35)(H,32,34). The van der Waals surface area contributed by atoms with Crippen LogP contribution in [0.2, 0.25) is 0 Å². The number of carbonyl (C=O) groups excluding carboxylic acids is 2. The van der Waals surface area contributed by atoms with Crippen molar-refractivity contribution in [1.82, 2.24) is 5.32 Å². The number of benzene rings is 2. The molecule has 2 rings (SSSR count). The number of allylic oxidation sites excluding steroid dienone is 2. The fourth-order valence-electron chi connectivity index (χ4n) is 3.03. The molecule has 1 atom stereocenters. The van der Waals surface area contributed by atoms with Crippen LogP contribution in [0.4, 0.5) is 17.1 Å². The third-order valence-electron chi connectivity index (χ3n) is 5.31. The molecule has 0 saturated heterocycles. The first kappa shape index (κ1) is 28.3. The molecule has 0 heterocycles. The van der Waals surface area contributed by atoms with Crippen molar-refractivity contribution in [2.45, 2.75) is 27.2 Å². The van der Waals surface area contributed by atoms with Crippen molar-refractivity contribution >= 4 is 52.5 Å². The van der Waals surface area contributed by atoms with E-state index in [1.165, 1.54) is 12.3 Å².